The molecular weight excluding hydrogens is 290 g/mol. The topological polar surface area (TPSA) is 54.7 Å². The number of nitrogens with two attached hydrogens (primary N) is 1. The predicted octanol–water partition coefficient (Wildman–Crippen LogP) is 3.45. The highest BCUT2D eigenvalue weighted by Gasteiger charge is 2.09. The molecule has 0 radical (unpaired) electrons. The molecule has 0 atom stereocenters. The van der Waals surface area contributed by atoms with E-state index < -0.39 is 0 Å². The molecule has 0 spiro atoms. The van der Waals surface area contributed by atoms with Crippen LogP contribution in [0.15, 0.2) is 46.9 Å². The zero-order chi connectivity index (χ0) is 12.5. The van der Waals surface area contributed by atoms with E-state index in [1.807, 2.05) is 42.5 Å². The molecule has 90 valence electrons. The van der Waals surface area contributed by atoms with Crippen molar-refractivity contribution in [3.8, 4) is 11.4 Å². The number of halogens is 1. The van der Waals surface area contributed by atoms with Crippen LogP contribution in [0.25, 0.3) is 22.4 Å². The van der Waals surface area contributed by atoms with Crippen LogP contribution in [0, 0.1) is 0 Å². The maximum absolute atomic E-state index is 5.73. The number of hydrogen-bond acceptors (Lipinski definition) is 2. The van der Waals surface area contributed by atoms with Crippen molar-refractivity contribution in [3.05, 3.63) is 52.5 Å². The lowest BCUT2D eigenvalue weighted by Crippen LogP contribution is -1.96. The summed E-state index contributed by atoms with van der Waals surface area (Å²) in [6.07, 6.45) is 0. The standard InChI is InChI=1S/C14H12BrN3/c15-11-6-2-1-5-10(11)14-17-12-7-3-4-9(8-16)13(12)18-14/h1-7H,8,16H2,(H,17,18). The molecule has 3 rings (SSSR count). The number of rotatable bonds is 2. The van der Waals surface area contributed by atoms with E-state index in [-0.39, 0.29) is 0 Å². The predicted molar refractivity (Wildman–Crippen MR) is 77.1 cm³/mol. The van der Waals surface area contributed by atoms with Crippen molar-refractivity contribution in [3.63, 3.8) is 0 Å². The largest absolute Gasteiger partial charge is 0.338 e. The van der Waals surface area contributed by atoms with Gasteiger partial charge in [-0.2, -0.15) is 0 Å². The highest BCUT2D eigenvalue weighted by Crippen LogP contribution is 2.28. The normalized spacial score (nSPS) is 11.0. The Balaban J connectivity index is 2.23. The number of imidazole rings is 1. The molecule has 1 aromatic heterocycles. The Bertz CT molecular complexity index is 703. The monoisotopic (exact) mass is 301 g/mol. The Morgan fingerprint density at radius 1 is 1.11 bits per heavy atom. The minimum Gasteiger partial charge on any atom is -0.338 e. The van der Waals surface area contributed by atoms with Crippen LogP contribution in [0.3, 0.4) is 0 Å². The molecule has 2 aromatic carbocycles. The van der Waals surface area contributed by atoms with Gasteiger partial charge < -0.3 is 10.7 Å². The number of hydrogen-bond donors (Lipinski definition) is 2. The molecule has 3 N–H and O–H groups in total. The van der Waals surface area contributed by atoms with Gasteiger partial charge in [-0.15, -0.1) is 0 Å². The molecule has 0 saturated carbocycles. The second kappa shape index (κ2) is 4.55. The van der Waals surface area contributed by atoms with Crippen LogP contribution in [0.1, 0.15) is 5.56 Å². The van der Waals surface area contributed by atoms with Crippen LogP contribution in [0.4, 0.5) is 0 Å². The third kappa shape index (κ3) is 1.83. The minimum absolute atomic E-state index is 0.498. The number of para-hydroxylation sites is 1. The quantitative estimate of drug-likeness (QED) is 0.762. The number of aromatic nitrogens is 2. The Kier molecular flexibility index (Phi) is 2.89. The number of aromatic amines is 1. The van der Waals surface area contributed by atoms with Crippen LogP contribution in [0.2, 0.25) is 0 Å². The maximum atomic E-state index is 5.73. The fraction of sp³-hybridized carbons (Fsp3) is 0.0714. The Morgan fingerprint density at radius 3 is 2.72 bits per heavy atom. The summed E-state index contributed by atoms with van der Waals surface area (Å²) in [5.74, 6) is 0.860. The molecule has 0 aliphatic carbocycles. The number of nitrogens with zero attached hydrogens (tertiary/aromatic N) is 1. The van der Waals surface area contributed by atoms with Crippen molar-refractivity contribution in [2.24, 2.45) is 5.73 Å². The van der Waals surface area contributed by atoms with Crippen LogP contribution < -0.4 is 5.73 Å². The van der Waals surface area contributed by atoms with Crippen LogP contribution in [-0.4, -0.2) is 9.97 Å². The van der Waals surface area contributed by atoms with Gasteiger partial charge in [-0.1, -0.05) is 46.3 Å². The summed E-state index contributed by atoms with van der Waals surface area (Å²) < 4.78 is 1.03. The van der Waals surface area contributed by atoms with Gasteiger partial charge in [0.1, 0.15) is 5.82 Å². The first-order valence-electron chi connectivity index (χ1n) is 5.72. The summed E-state index contributed by atoms with van der Waals surface area (Å²) in [6.45, 7) is 0.498. The Morgan fingerprint density at radius 2 is 1.94 bits per heavy atom. The van der Waals surface area contributed by atoms with E-state index >= 15 is 0 Å². The van der Waals surface area contributed by atoms with Gasteiger partial charge in [0.15, 0.2) is 0 Å². The lowest BCUT2D eigenvalue weighted by Gasteiger charge is -1.98. The first kappa shape index (κ1) is 11.4. The zero-order valence-corrected chi connectivity index (χ0v) is 11.2. The number of benzene rings is 2. The highest BCUT2D eigenvalue weighted by molar-refractivity contribution is 9.10. The van der Waals surface area contributed by atoms with Crippen molar-refractivity contribution in [1.82, 2.24) is 9.97 Å². The first-order chi connectivity index (χ1) is 8.79. The summed E-state index contributed by atoms with van der Waals surface area (Å²) in [6, 6.07) is 14.0. The van der Waals surface area contributed by atoms with E-state index in [2.05, 4.69) is 25.9 Å². The summed E-state index contributed by atoms with van der Waals surface area (Å²) >= 11 is 3.54. The number of nitrogens with one attached hydrogen (secondary N) is 1. The van der Waals surface area contributed by atoms with Gasteiger partial charge in [0.2, 0.25) is 0 Å². The summed E-state index contributed by atoms with van der Waals surface area (Å²) in [5, 5.41) is 0. The average Bonchev–Trinajstić information content (AvgIpc) is 2.82. The van der Waals surface area contributed by atoms with Crippen molar-refractivity contribution >= 4 is 27.0 Å². The molecule has 4 heteroatoms. The molecule has 3 nitrogen and oxygen atoms in total. The van der Waals surface area contributed by atoms with Gasteiger partial charge in [0.05, 0.1) is 11.0 Å². The van der Waals surface area contributed by atoms with Crippen LogP contribution >= 0.6 is 15.9 Å². The fourth-order valence-electron chi connectivity index (χ4n) is 2.04. The second-order valence-corrected chi connectivity index (χ2v) is 4.94. The van der Waals surface area contributed by atoms with Gasteiger partial charge in [-0.3, -0.25) is 0 Å². The van der Waals surface area contributed by atoms with E-state index in [1.165, 1.54) is 0 Å². The van der Waals surface area contributed by atoms with E-state index in [9.17, 15) is 0 Å². The van der Waals surface area contributed by atoms with Gasteiger partial charge in [-0.25, -0.2) is 4.98 Å². The molecular formula is C14H12BrN3. The lowest BCUT2D eigenvalue weighted by molar-refractivity contribution is 1.08. The molecule has 0 bridgehead atoms. The third-order valence-electron chi connectivity index (χ3n) is 2.95. The molecule has 1 heterocycles. The average molecular weight is 302 g/mol. The van der Waals surface area contributed by atoms with Crippen molar-refractivity contribution in [2.75, 3.05) is 0 Å². The number of H-pyrrole nitrogens is 1. The second-order valence-electron chi connectivity index (χ2n) is 4.08. The zero-order valence-electron chi connectivity index (χ0n) is 9.65. The third-order valence-corrected chi connectivity index (χ3v) is 3.64. The van der Waals surface area contributed by atoms with Gasteiger partial charge >= 0.3 is 0 Å². The van der Waals surface area contributed by atoms with Crippen molar-refractivity contribution in [1.29, 1.82) is 0 Å². The van der Waals surface area contributed by atoms with Gasteiger partial charge in [0.25, 0.3) is 0 Å². The Labute approximate surface area is 113 Å². The van der Waals surface area contributed by atoms with Gasteiger partial charge in [0, 0.05) is 16.6 Å². The Hall–Kier alpha value is -1.65. The van der Waals surface area contributed by atoms with Crippen LogP contribution in [-0.2, 0) is 6.54 Å². The van der Waals surface area contributed by atoms with E-state index in [1.54, 1.807) is 0 Å². The maximum Gasteiger partial charge on any atom is 0.139 e. The van der Waals surface area contributed by atoms with Crippen molar-refractivity contribution < 1.29 is 0 Å². The van der Waals surface area contributed by atoms with Crippen molar-refractivity contribution in [2.45, 2.75) is 6.54 Å². The van der Waals surface area contributed by atoms with E-state index in [0.717, 1.165) is 32.5 Å². The molecule has 0 aliphatic heterocycles. The van der Waals surface area contributed by atoms with E-state index in [4.69, 9.17) is 5.73 Å². The smallest absolute Gasteiger partial charge is 0.139 e. The fourth-order valence-corrected chi connectivity index (χ4v) is 2.51. The summed E-state index contributed by atoms with van der Waals surface area (Å²) in [4.78, 5) is 7.98. The number of fused-ring (bicyclic) bond motifs is 1. The molecule has 0 aliphatic rings. The van der Waals surface area contributed by atoms with E-state index in [0.29, 0.717) is 6.54 Å². The lowest BCUT2D eigenvalue weighted by atomic mass is 10.2. The molecule has 0 fully saturated rings. The summed E-state index contributed by atoms with van der Waals surface area (Å²) in [5.41, 5.74) is 9.81. The highest BCUT2D eigenvalue weighted by atomic mass is 79.9. The first-order valence-corrected chi connectivity index (χ1v) is 6.51. The van der Waals surface area contributed by atoms with Crippen LogP contribution in [0.5, 0.6) is 0 Å². The SMILES string of the molecule is NCc1cccc2[nH]c(-c3ccccc3Br)nc12. The van der Waals surface area contributed by atoms with Gasteiger partial charge in [-0.05, 0) is 17.7 Å². The minimum atomic E-state index is 0.498. The summed E-state index contributed by atoms with van der Waals surface area (Å²) in [7, 11) is 0. The molecule has 0 saturated heterocycles. The molecule has 18 heavy (non-hydrogen) atoms. The molecule has 3 aromatic rings. The molecule has 0 amide bonds. The molecule has 0 unspecified atom stereocenters.